The highest BCUT2D eigenvalue weighted by atomic mass is 16.6. The molecule has 2 saturated heterocycles. The summed E-state index contributed by atoms with van der Waals surface area (Å²) in [7, 11) is 0. The van der Waals surface area contributed by atoms with Crippen molar-refractivity contribution < 1.29 is 19.1 Å². The molecule has 0 saturated carbocycles. The average molecular weight is 349 g/mol. The Morgan fingerprint density at radius 2 is 1.84 bits per heavy atom. The Hall–Kier alpha value is -2.23. The van der Waals surface area contributed by atoms with Gasteiger partial charge in [0.15, 0.2) is 5.57 Å². The fourth-order valence-electron chi connectivity index (χ4n) is 3.29. The van der Waals surface area contributed by atoms with Crippen molar-refractivity contribution in [2.45, 2.75) is 39.7 Å². The van der Waals surface area contributed by atoms with Crippen molar-refractivity contribution in [1.29, 1.82) is 5.26 Å². The monoisotopic (exact) mass is 349 g/mol. The number of nitriles is 1. The lowest BCUT2D eigenvalue weighted by Crippen LogP contribution is -2.45. The molecule has 2 atom stereocenters. The van der Waals surface area contributed by atoms with Gasteiger partial charge in [-0.1, -0.05) is 0 Å². The van der Waals surface area contributed by atoms with E-state index >= 15 is 0 Å². The van der Waals surface area contributed by atoms with Crippen LogP contribution in [-0.2, 0) is 14.3 Å². The number of rotatable bonds is 3. The Bertz CT molecular complexity index is 588. The summed E-state index contributed by atoms with van der Waals surface area (Å²) >= 11 is 0. The van der Waals surface area contributed by atoms with Crippen molar-refractivity contribution in [3.8, 4) is 6.07 Å². The fourth-order valence-corrected chi connectivity index (χ4v) is 3.29. The van der Waals surface area contributed by atoms with E-state index in [2.05, 4.69) is 0 Å². The second-order valence-corrected chi connectivity index (χ2v) is 7.54. The lowest BCUT2D eigenvalue weighted by molar-refractivity contribution is -0.126. The molecule has 2 rings (SSSR count). The summed E-state index contributed by atoms with van der Waals surface area (Å²) in [6.45, 7) is 10.1. The van der Waals surface area contributed by atoms with E-state index < -0.39 is 5.60 Å². The molecule has 0 spiro atoms. The van der Waals surface area contributed by atoms with Gasteiger partial charge in [0.2, 0.25) is 0 Å². The highest BCUT2D eigenvalue weighted by Gasteiger charge is 2.41. The van der Waals surface area contributed by atoms with Gasteiger partial charge in [-0.25, -0.2) is 4.79 Å². The van der Waals surface area contributed by atoms with Gasteiger partial charge in [-0.3, -0.25) is 4.79 Å². The molecule has 0 N–H and O–H groups in total. The summed E-state index contributed by atoms with van der Waals surface area (Å²) in [6.07, 6.45) is 1.77. The molecule has 2 unspecified atom stereocenters. The molecule has 7 heteroatoms. The number of carbonyl (C=O) groups excluding carboxylic acids is 2. The van der Waals surface area contributed by atoms with E-state index in [4.69, 9.17) is 14.7 Å². The molecule has 0 radical (unpaired) electrons. The fraction of sp³-hybridized carbons (Fsp3) is 0.722. The molecule has 0 aliphatic carbocycles. The number of hydrogen-bond donors (Lipinski definition) is 0. The standard InChI is InChI=1S/C18H27N3O4/c1-5-24-12-14(8-19)16(22)21-9-13-6-7-20(10-15(13)11-21)17(23)25-18(2,3)4/h12-13,15H,5-7,9-11H2,1-4H3/b14-12+. The van der Waals surface area contributed by atoms with Crippen LogP contribution < -0.4 is 0 Å². The summed E-state index contributed by atoms with van der Waals surface area (Å²) in [6, 6.07) is 1.91. The van der Waals surface area contributed by atoms with E-state index in [1.165, 1.54) is 6.26 Å². The van der Waals surface area contributed by atoms with Crippen molar-refractivity contribution in [1.82, 2.24) is 9.80 Å². The van der Waals surface area contributed by atoms with Gasteiger partial charge in [0.05, 0.1) is 6.61 Å². The van der Waals surface area contributed by atoms with Crippen LogP contribution in [0.4, 0.5) is 4.79 Å². The quantitative estimate of drug-likeness (QED) is 0.443. The van der Waals surface area contributed by atoms with Crippen molar-refractivity contribution in [2.24, 2.45) is 11.8 Å². The minimum absolute atomic E-state index is 0.0181. The molecule has 0 aromatic heterocycles. The predicted octanol–water partition coefficient (Wildman–Crippen LogP) is 2.15. The average Bonchev–Trinajstić information content (AvgIpc) is 2.96. The van der Waals surface area contributed by atoms with Crippen molar-refractivity contribution >= 4 is 12.0 Å². The number of ether oxygens (including phenoxy) is 2. The van der Waals surface area contributed by atoms with Crippen LogP contribution in [0, 0.1) is 23.2 Å². The van der Waals surface area contributed by atoms with Crippen molar-refractivity contribution in [3.63, 3.8) is 0 Å². The van der Waals surface area contributed by atoms with Crippen LogP contribution in [0.15, 0.2) is 11.8 Å². The molecule has 2 heterocycles. The van der Waals surface area contributed by atoms with Crippen LogP contribution >= 0.6 is 0 Å². The van der Waals surface area contributed by atoms with Gasteiger partial charge in [0.1, 0.15) is 17.9 Å². The van der Waals surface area contributed by atoms with Gasteiger partial charge in [-0.05, 0) is 46.0 Å². The van der Waals surface area contributed by atoms with E-state index in [1.54, 1.807) is 16.7 Å². The second-order valence-electron chi connectivity index (χ2n) is 7.54. The Labute approximate surface area is 149 Å². The Morgan fingerprint density at radius 3 is 2.44 bits per heavy atom. The molecule has 25 heavy (non-hydrogen) atoms. The maximum absolute atomic E-state index is 12.5. The van der Waals surface area contributed by atoms with E-state index in [-0.39, 0.29) is 23.5 Å². The third-order valence-corrected chi connectivity index (χ3v) is 4.46. The lowest BCUT2D eigenvalue weighted by Gasteiger charge is -2.35. The first-order valence-electron chi connectivity index (χ1n) is 8.74. The Morgan fingerprint density at radius 1 is 1.20 bits per heavy atom. The van der Waals surface area contributed by atoms with Gasteiger partial charge in [0.25, 0.3) is 5.91 Å². The first-order valence-corrected chi connectivity index (χ1v) is 8.74. The lowest BCUT2D eigenvalue weighted by atomic mass is 9.89. The van der Waals surface area contributed by atoms with E-state index in [0.717, 1.165) is 6.42 Å². The summed E-state index contributed by atoms with van der Waals surface area (Å²) < 4.78 is 10.5. The number of likely N-dealkylation sites (tertiary alicyclic amines) is 2. The zero-order valence-electron chi connectivity index (χ0n) is 15.4. The number of piperidine rings is 1. The van der Waals surface area contributed by atoms with Crippen molar-refractivity contribution in [3.05, 3.63) is 11.8 Å². The maximum atomic E-state index is 12.5. The minimum Gasteiger partial charge on any atom is -0.500 e. The van der Waals surface area contributed by atoms with Crippen LogP contribution in [-0.4, -0.2) is 60.2 Å². The van der Waals surface area contributed by atoms with Crippen LogP contribution in [0.25, 0.3) is 0 Å². The topological polar surface area (TPSA) is 82.9 Å². The highest BCUT2D eigenvalue weighted by Crippen LogP contribution is 2.32. The highest BCUT2D eigenvalue weighted by molar-refractivity contribution is 5.97. The van der Waals surface area contributed by atoms with E-state index in [1.807, 2.05) is 26.8 Å². The molecule has 2 aliphatic heterocycles. The molecule has 2 aliphatic rings. The minimum atomic E-state index is -0.516. The zero-order valence-corrected chi connectivity index (χ0v) is 15.4. The van der Waals surface area contributed by atoms with Crippen molar-refractivity contribution in [2.75, 3.05) is 32.8 Å². The maximum Gasteiger partial charge on any atom is 0.410 e. The van der Waals surface area contributed by atoms with Gasteiger partial charge in [0, 0.05) is 26.2 Å². The molecule has 0 bridgehead atoms. The third kappa shape index (κ3) is 4.88. The molecule has 0 aromatic rings. The SMILES string of the molecule is CCO/C=C(\C#N)C(=O)N1CC2CCN(C(=O)OC(C)(C)C)CC2C1. The molecule has 2 fully saturated rings. The van der Waals surface area contributed by atoms with Crippen LogP contribution in [0.5, 0.6) is 0 Å². The molecular weight excluding hydrogens is 322 g/mol. The first-order chi connectivity index (χ1) is 11.7. The number of carbonyl (C=O) groups is 2. The smallest absolute Gasteiger partial charge is 0.410 e. The number of nitrogens with zero attached hydrogens (tertiary/aromatic N) is 3. The third-order valence-electron chi connectivity index (χ3n) is 4.46. The number of hydrogen-bond acceptors (Lipinski definition) is 5. The number of amides is 2. The summed E-state index contributed by atoms with van der Waals surface area (Å²) in [5.41, 5.74) is -0.498. The first kappa shape index (κ1) is 19.1. The zero-order chi connectivity index (χ0) is 18.6. The predicted molar refractivity (Wildman–Crippen MR) is 91.3 cm³/mol. The summed E-state index contributed by atoms with van der Waals surface area (Å²) in [5, 5.41) is 9.15. The number of fused-ring (bicyclic) bond motifs is 1. The molecule has 0 aromatic carbocycles. The normalized spacial score (nSPS) is 23.7. The van der Waals surface area contributed by atoms with E-state index in [0.29, 0.717) is 38.7 Å². The summed E-state index contributed by atoms with van der Waals surface area (Å²) in [4.78, 5) is 28.1. The Kier molecular flexibility index (Phi) is 5.93. The van der Waals surface area contributed by atoms with Gasteiger partial charge >= 0.3 is 6.09 Å². The van der Waals surface area contributed by atoms with Crippen LogP contribution in [0.3, 0.4) is 0 Å². The van der Waals surface area contributed by atoms with E-state index in [9.17, 15) is 9.59 Å². The van der Waals surface area contributed by atoms with Gasteiger partial charge in [-0.2, -0.15) is 5.26 Å². The Balaban J connectivity index is 1.97. The van der Waals surface area contributed by atoms with Gasteiger partial charge in [-0.15, -0.1) is 0 Å². The van der Waals surface area contributed by atoms with Crippen LogP contribution in [0.2, 0.25) is 0 Å². The largest absolute Gasteiger partial charge is 0.500 e. The van der Waals surface area contributed by atoms with Gasteiger partial charge < -0.3 is 19.3 Å². The molecule has 7 nitrogen and oxygen atoms in total. The molecular formula is C18H27N3O4. The summed E-state index contributed by atoms with van der Waals surface area (Å²) in [5.74, 6) is 0.279. The molecule has 2 amide bonds. The van der Waals surface area contributed by atoms with Crippen LogP contribution in [0.1, 0.15) is 34.1 Å². The molecule has 138 valence electrons. The second kappa shape index (κ2) is 7.77.